The van der Waals surface area contributed by atoms with E-state index in [0.717, 1.165) is 18.4 Å². The van der Waals surface area contributed by atoms with Gasteiger partial charge in [-0.25, -0.2) is 4.39 Å². The molecule has 2 rings (SSSR count). The van der Waals surface area contributed by atoms with E-state index in [2.05, 4.69) is 5.32 Å². The van der Waals surface area contributed by atoms with Gasteiger partial charge >= 0.3 is 0 Å². The largest absolute Gasteiger partial charge is 0.381 e. The predicted octanol–water partition coefficient (Wildman–Crippen LogP) is 3.96. The third-order valence-corrected chi connectivity index (χ3v) is 4.04. The van der Waals surface area contributed by atoms with Crippen molar-refractivity contribution < 1.29 is 9.13 Å². The maximum absolute atomic E-state index is 13.4. The highest BCUT2D eigenvalue weighted by molar-refractivity contribution is 6.35. The van der Waals surface area contributed by atoms with Crippen LogP contribution in [0, 0.1) is 5.82 Å². The van der Waals surface area contributed by atoms with Gasteiger partial charge in [0.15, 0.2) is 0 Å². The molecule has 0 aliphatic heterocycles. The predicted molar refractivity (Wildman–Crippen MR) is 71.8 cm³/mol. The number of halogens is 3. The first-order valence-electron chi connectivity index (χ1n) is 5.94. The molecule has 1 aliphatic rings. The molecule has 0 amide bonds. The van der Waals surface area contributed by atoms with Crippen LogP contribution in [0.25, 0.3) is 0 Å². The fourth-order valence-electron chi connectivity index (χ4n) is 2.21. The van der Waals surface area contributed by atoms with Crippen molar-refractivity contribution in [1.82, 2.24) is 5.32 Å². The molecule has 1 fully saturated rings. The Morgan fingerprint density at radius 3 is 2.61 bits per heavy atom. The molecule has 0 saturated heterocycles. The van der Waals surface area contributed by atoms with Gasteiger partial charge in [0.1, 0.15) is 5.82 Å². The highest BCUT2D eigenvalue weighted by atomic mass is 35.5. The second-order valence-electron chi connectivity index (χ2n) is 4.70. The van der Waals surface area contributed by atoms with Gasteiger partial charge in [0.25, 0.3) is 0 Å². The summed E-state index contributed by atoms with van der Waals surface area (Å²) in [5.41, 5.74) is 0.736. The summed E-state index contributed by atoms with van der Waals surface area (Å²) >= 11 is 11.8. The van der Waals surface area contributed by atoms with Crippen molar-refractivity contribution in [2.75, 3.05) is 7.11 Å². The van der Waals surface area contributed by atoms with E-state index in [9.17, 15) is 4.39 Å². The highest BCUT2D eigenvalue weighted by Gasteiger charge is 2.30. The van der Waals surface area contributed by atoms with E-state index < -0.39 is 5.82 Å². The normalized spacial score (nSPS) is 24.7. The summed E-state index contributed by atoms with van der Waals surface area (Å²) < 4.78 is 18.6. The van der Waals surface area contributed by atoms with Crippen LogP contribution in [-0.2, 0) is 4.74 Å². The van der Waals surface area contributed by atoms with Gasteiger partial charge in [-0.2, -0.15) is 0 Å². The fourth-order valence-corrected chi connectivity index (χ4v) is 2.75. The van der Waals surface area contributed by atoms with Crippen LogP contribution in [-0.4, -0.2) is 19.3 Å². The molecule has 1 saturated carbocycles. The minimum atomic E-state index is -0.437. The van der Waals surface area contributed by atoms with Crippen molar-refractivity contribution in [3.8, 4) is 0 Å². The van der Waals surface area contributed by atoms with Crippen LogP contribution in [0.3, 0.4) is 0 Å². The summed E-state index contributed by atoms with van der Waals surface area (Å²) in [6.07, 6.45) is 2.30. The van der Waals surface area contributed by atoms with E-state index in [1.54, 1.807) is 7.11 Å². The van der Waals surface area contributed by atoms with Crippen molar-refractivity contribution in [3.05, 3.63) is 33.6 Å². The van der Waals surface area contributed by atoms with Gasteiger partial charge in [0.2, 0.25) is 0 Å². The standard InChI is InChI=1S/C13H16Cl2FNO/c1-7(17-8-3-9(4-8)18-2)10-5-13(16)12(15)6-11(10)14/h5-9,17H,3-4H2,1-2H3. The Morgan fingerprint density at radius 1 is 1.33 bits per heavy atom. The first-order valence-corrected chi connectivity index (χ1v) is 6.70. The van der Waals surface area contributed by atoms with E-state index in [4.69, 9.17) is 27.9 Å². The molecular formula is C13H16Cl2FNO. The van der Waals surface area contributed by atoms with Gasteiger partial charge in [-0.1, -0.05) is 23.2 Å². The van der Waals surface area contributed by atoms with Crippen molar-refractivity contribution in [2.24, 2.45) is 0 Å². The fraction of sp³-hybridized carbons (Fsp3) is 0.538. The van der Waals surface area contributed by atoms with Crippen molar-refractivity contribution >= 4 is 23.2 Å². The van der Waals surface area contributed by atoms with Crippen LogP contribution < -0.4 is 5.32 Å². The second kappa shape index (κ2) is 5.74. The zero-order valence-corrected chi connectivity index (χ0v) is 11.9. The molecule has 1 atom stereocenters. The molecule has 1 aromatic carbocycles. The first-order chi connectivity index (χ1) is 8.51. The molecule has 1 N–H and O–H groups in total. The smallest absolute Gasteiger partial charge is 0.142 e. The van der Waals surface area contributed by atoms with Gasteiger partial charge in [-0.15, -0.1) is 0 Å². The zero-order valence-electron chi connectivity index (χ0n) is 10.3. The average molecular weight is 292 g/mol. The summed E-state index contributed by atoms with van der Waals surface area (Å²) in [4.78, 5) is 0. The molecule has 2 nitrogen and oxygen atoms in total. The Labute approximate surface area is 116 Å². The van der Waals surface area contributed by atoms with Crippen LogP contribution in [0.15, 0.2) is 12.1 Å². The van der Waals surface area contributed by atoms with Crippen LogP contribution in [0.5, 0.6) is 0 Å². The zero-order chi connectivity index (χ0) is 13.3. The lowest BCUT2D eigenvalue weighted by atomic mass is 9.88. The Morgan fingerprint density at radius 2 is 2.00 bits per heavy atom. The maximum Gasteiger partial charge on any atom is 0.142 e. The second-order valence-corrected chi connectivity index (χ2v) is 5.52. The lowest BCUT2D eigenvalue weighted by Crippen LogP contribution is -2.45. The third kappa shape index (κ3) is 2.97. The Hall–Kier alpha value is -0.350. The SMILES string of the molecule is COC1CC(NC(C)c2cc(F)c(Cl)cc2Cl)C1. The molecule has 0 aromatic heterocycles. The van der Waals surface area contributed by atoms with Crippen molar-refractivity contribution in [1.29, 1.82) is 0 Å². The molecule has 0 bridgehead atoms. The lowest BCUT2D eigenvalue weighted by molar-refractivity contribution is 0.0147. The van der Waals surface area contributed by atoms with Gasteiger partial charge in [0.05, 0.1) is 11.1 Å². The number of benzene rings is 1. The van der Waals surface area contributed by atoms with E-state index >= 15 is 0 Å². The van der Waals surface area contributed by atoms with Crippen molar-refractivity contribution in [2.45, 2.75) is 38.0 Å². The first kappa shape index (κ1) is 14.1. The molecule has 1 unspecified atom stereocenters. The highest BCUT2D eigenvalue weighted by Crippen LogP contribution is 2.31. The molecule has 5 heteroatoms. The van der Waals surface area contributed by atoms with E-state index in [0.29, 0.717) is 17.2 Å². The number of ether oxygens (including phenoxy) is 1. The molecule has 0 spiro atoms. The molecule has 18 heavy (non-hydrogen) atoms. The molecule has 1 aliphatic carbocycles. The quantitative estimate of drug-likeness (QED) is 0.848. The third-order valence-electron chi connectivity index (χ3n) is 3.42. The van der Waals surface area contributed by atoms with E-state index in [1.807, 2.05) is 6.92 Å². The Balaban J connectivity index is 2.01. The Bertz CT molecular complexity index is 435. The molecular weight excluding hydrogens is 276 g/mol. The van der Waals surface area contributed by atoms with Gasteiger partial charge in [-0.3, -0.25) is 0 Å². The number of hydrogen-bond acceptors (Lipinski definition) is 2. The van der Waals surface area contributed by atoms with Crippen LogP contribution in [0.4, 0.5) is 4.39 Å². The number of nitrogens with one attached hydrogen (secondary N) is 1. The number of methoxy groups -OCH3 is 1. The summed E-state index contributed by atoms with van der Waals surface area (Å²) in [5.74, 6) is -0.437. The maximum atomic E-state index is 13.4. The minimum Gasteiger partial charge on any atom is -0.381 e. The monoisotopic (exact) mass is 291 g/mol. The molecule has 0 heterocycles. The average Bonchev–Trinajstić information content (AvgIpc) is 2.27. The minimum absolute atomic E-state index is 0.00734. The number of hydrogen-bond donors (Lipinski definition) is 1. The molecule has 0 radical (unpaired) electrons. The number of rotatable bonds is 4. The van der Waals surface area contributed by atoms with Crippen LogP contribution in [0.2, 0.25) is 10.0 Å². The van der Waals surface area contributed by atoms with Crippen LogP contribution >= 0.6 is 23.2 Å². The summed E-state index contributed by atoms with van der Waals surface area (Å²) in [6, 6.07) is 3.24. The topological polar surface area (TPSA) is 21.3 Å². The molecule has 1 aromatic rings. The van der Waals surface area contributed by atoms with Crippen molar-refractivity contribution in [3.63, 3.8) is 0 Å². The Kier molecular flexibility index (Phi) is 4.49. The van der Waals surface area contributed by atoms with Crippen LogP contribution in [0.1, 0.15) is 31.4 Å². The van der Waals surface area contributed by atoms with E-state index in [1.165, 1.54) is 12.1 Å². The van der Waals surface area contributed by atoms with E-state index in [-0.39, 0.29) is 11.1 Å². The van der Waals surface area contributed by atoms with Gasteiger partial charge in [0, 0.05) is 24.2 Å². The summed E-state index contributed by atoms with van der Waals surface area (Å²) in [5, 5.41) is 3.95. The lowest BCUT2D eigenvalue weighted by Gasteiger charge is -2.37. The van der Waals surface area contributed by atoms with Gasteiger partial charge in [-0.05, 0) is 37.5 Å². The summed E-state index contributed by atoms with van der Waals surface area (Å²) in [6.45, 7) is 1.97. The summed E-state index contributed by atoms with van der Waals surface area (Å²) in [7, 11) is 1.72. The molecule has 100 valence electrons. The van der Waals surface area contributed by atoms with Gasteiger partial charge < -0.3 is 10.1 Å².